The third-order valence-electron chi connectivity index (χ3n) is 4.92. The van der Waals surface area contributed by atoms with E-state index in [0.717, 1.165) is 38.3 Å². The average molecular weight is 414 g/mol. The van der Waals surface area contributed by atoms with Crippen molar-refractivity contribution in [3.05, 3.63) is 71.3 Å². The highest BCUT2D eigenvalue weighted by Gasteiger charge is 2.20. The maximum Gasteiger partial charge on any atom is 0.262 e. The number of amides is 2. The molecular formula is C22H26ClN4O2+. The van der Waals surface area contributed by atoms with E-state index in [0.29, 0.717) is 11.4 Å². The van der Waals surface area contributed by atoms with Gasteiger partial charge in [0.15, 0.2) is 0 Å². The SMILES string of the molecule is O=C(/C=C/c1ccc(Cl)cc1)NNC(=O)CC[NH+]1CCN(c2ccccc2)CC1. The van der Waals surface area contributed by atoms with E-state index >= 15 is 0 Å². The minimum absolute atomic E-state index is 0.184. The smallest absolute Gasteiger partial charge is 0.262 e. The number of nitrogens with one attached hydrogen (secondary N) is 3. The molecule has 0 aliphatic carbocycles. The number of carbonyl (C=O) groups excluding carboxylic acids is 2. The van der Waals surface area contributed by atoms with Gasteiger partial charge in [-0.15, -0.1) is 0 Å². The Kier molecular flexibility index (Phi) is 7.67. The summed E-state index contributed by atoms with van der Waals surface area (Å²) in [5.41, 5.74) is 6.98. The van der Waals surface area contributed by atoms with Gasteiger partial charge >= 0.3 is 0 Å². The molecule has 2 aromatic rings. The molecule has 0 atom stereocenters. The maximum atomic E-state index is 12.0. The quantitative estimate of drug-likeness (QED) is 0.494. The summed E-state index contributed by atoms with van der Waals surface area (Å²) in [5, 5.41) is 0.641. The molecule has 0 aromatic heterocycles. The van der Waals surface area contributed by atoms with Gasteiger partial charge in [-0.05, 0) is 35.9 Å². The van der Waals surface area contributed by atoms with E-state index in [2.05, 4.69) is 40.0 Å². The minimum Gasteiger partial charge on any atom is -0.360 e. The zero-order valence-electron chi connectivity index (χ0n) is 16.2. The second-order valence-corrected chi connectivity index (χ2v) is 7.43. The predicted octanol–water partition coefficient (Wildman–Crippen LogP) is 1.30. The van der Waals surface area contributed by atoms with Crippen molar-refractivity contribution in [1.29, 1.82) is 0 Å². The molecule has 1 saturated heterocycles. The Hall–Kier alpha value is -2.83. The molecule has 2 aromatic carbocycles. The van der Waals surface area contributed by atoms with E-state index in [1.54, 1.807) is 18.2 Å². The molecular weight excluding hydrogens is 388 g/mol. The summed E-state index contributed by atoms with van der Waals surface area (Å²) >= 11 is 5.82. The third kappa shape index (κ3) is 6.93. The van der Waals surface area contributed by atoms with Crippen molar-refractivity contribution < 1.29 is 14.5 Å². The molecule has 6 nitrogen and oxygen atoms in total. The van der Waals surface area contributed by atoms with Crippen LogP contribution in [0.4, 0.5) is 5.69 Å². The lowest BCUT2D eigenvalue weighted by Crippen LogP contribution is -3.15. The van der Waals surface area contributed by atoms with E-state index in [-0.39, 0.29) is 11.8 Å². The summed E-state index contributed by atoms with van der Waals surface area (Å²) in [6.07, 6.45) is 3.41. The molecule has 3 rings (SSSR count). The molecule has 1 heterocycles. The number of nitrogens with zero attached hydrogens (tertiary/aromatic N) is 1. The Morgan fingerprint density at radius 2 is 1.69 bits per heavy atom. The van der Waals surface area contributed by atoms with Gasteiger partial charge in [0.05, 0.1) is 39.1 Å². The topological polar surface area (TPSA) is 65.9 Å². The van der Waals surface area contributed by atoms with Gasteiger partial charge < -0.3 is 9.80 Å². The number of benzene rings is 2. The second kappa shape index (κ2) is 10.6. The van der Waals surface area contributed by atoms with Crippen molar-refractivity contribution in [1.82, 2.24) is 10.9 Å². The van der Waals surface area contributed by atoms with Crippen LogP contribution in [-0.4, -0.2) is 44.5 Å². The molecule has 152 valence electrons. The number of quaternary nitrogens is 1. The maximum absolute atomic E-state index is 12.0. The van der Waals surface area contributed by atoms with E-state index in [1.807, 2.05) is 18.2 Å². The van der Waals surface area contributed by atoms with Crippen molar-refractivity contribution in [2.45, 2.75) is 6.42 Å². The molecule has 2 amide bonds. The highest BCUT2D eigenvalue weighted by atomic mass is 35.5. The van der Waals surface area contributed by atoms with Gasteiger partial charge in [0.1, 0.15) is 0 Å². The van der Waals surface area contributed by atoms with Crippen molar-refractivity contribution in [3.63, 3.8) is 0 Å². The van der Waals surface area contributed by atoms with Gasteiger partial charge in [0, 0.05) is 16.8 Å². The molecule has 0 bridgehead atoms. The fourth-order valence-corrected chi connectivity index (χ4v) is 3.37. The van der Waals surface area contributed by atoms with Crippen LogP contribution in [0, 0.1) is 0 Å². The average Bonchev–Trinajstić information content (AvgIpc) is 2.77. The van der Waals surface area contributed by atoms with Gasteiger partial charge in [-0.2, -0.15) is 0 Å². The molecule has 0 saturated carbocycles. The van der Waals surface area contributed by atoms with Crippen LogP contribution < -0.4 is 20.7 Å². The van der Waals surface area contributed by atoms with Gasteiger partial charge in [-0.25, -0.2) is 0 Å². The summed E-state index contributed by atoms with van der Waals surface area (Å²) in [6.45, 7) is 4.71. The van der Waals surface area contributed by atoms with Gasteiger partial charge in [0.25, 0.3) is 5.91 Å². The molecule has 1 fully saturated rings. The first-order valence-corrected chi connectivity index (χ1v) is 10.1. The summed E-state index contributed by atoms with van der Waals surface area (Å²) < 4.78 is 0. The Balaban J connectivity index is 1.32. The first kappa shape index (κ1) is 20.9. The molecule has 1 aliphatic heterocycles. The van der Waals surface area contributed by atoms with Gasteiger partial charge in [-0.3, -0.25) is 20.4 Å². The highest BCUT2D eigenvalue weighted by Crippen LogP contribution is 2.12. The Bertz CT molecular complexity index is 832. The second-order valence-electron chi connectivity index (χ2n) is 6.99. The monoisotopic (exact) mass is 413 g/mol. The summed E-state index contributed by atoms with van der Waals surface area (Å²) in [5.74, 6) is -0.562. The zero-order chi connectivity index (χ0) is 20.5. The van der Waals surface area contributed by atoms with Gasteiger partial charge in [-0.1, -0.05) is 41.9 Å². The lowest BCUT2D eigenvalue weighted by Gasteiger charge is -2.33. The lowest BCUT2D eigenvalue weighted by atomic mass is 10.2. The fourth-order valence-electron chi connectivity index (χ4n) is 3.24. The van der Waals surface area contributed by atoms with Crippen LogP contribution in [0.15, 0.2) is 60.7 Å². The van der Waals surface area contributed by atoms with Crippen molar-refractivity contribution >= 4 is 35.2 Å². The number of hydrogen-bond donors (Lipinski definition) is 3. The molecule has 1 aliphatic rings. The van der Waals surface area contributed by atoms with E-state index in [9.17, 15) is 9.59 Å². The Morgan fingerprint density at radius 3 is 2.38 bits per heavy atom. The Labute approximate surface area is 176 Å². The number of anilines is 1. The molecule has 0 unspecified atom stereocenters. The van der Waals surface area contributed by atoms with Crippen LogP contribution in [0.2, 0.25) is 5.02 Å². The number of para-hydroxylation sites is 1. The van der Waals surface area contributed by atoms with Crippen LogP contribution in [0.3, 0.4) is 0 Å². The van der Waals surface area contributed by atoms with E-state index in [4.69, 9.17) is 11.6 Å². The zero-order valence-corrected chi connectivity index (χ0v) is 17.0. The van der Waals surface area contributed by atoms with Crippen molar-refractivity contribution in [2.75, 3.05) is 37.6 Å². The standard InChI is InChI=1S/C22H25ClN4O2/c23-19-9-6-18(7-10-19)8-11-21(28)24-25-22(29)12-13-26-14-16-27(17-15-26)20-4-2-1-3-5-20/h1-11H,12-17H2,(H,24,28)(H,25,29)/p+1/b11-8+. The van der Waals surface area contributed by atoms with Crippen LogP contribution in [0.5, 0.6) is 0 Å². The largest absolute Gasteiger partial charge is 0.360 e. The predicted molar refractivity (Wildman–Crippen MR) is 116 cm³/mol. The van der Waals surface area contributed by atoms with E-state index < -0.39 is 0 Å². The number of rotatable bonds is 6. The van der Waals surface area contributed by atoms with Gasteiger partial charge in [0.2, 0.25) is 5.91 Å². The first-order valence-electron chi connectivity index (χ1n) is 9.76. The summed E-state index contributed by atoms with van der Waals surface area (Å²) in [4.78, 5) is 27.6. The van der Waals surface area contributed by atoms with Crippen LogP contribution in [0.1, 0.15) is 12.0 Å². The molecule has 0 spiro atoms. The molecule has 29 heavy (non-hydrogen) atoms. The molecule has 7 heteroatoms. The lowest BCUT2D eigenvalue weighted by molar-refractivity contribution is -0.900. The van der Waals surface area contributed by atoms with Crippen molar-refractivity contribution in [3.8, 4) is 0 Å². The Morgan fingerprint density at radius 1 is 1.00 bits per heavy atom. The summed E-state index contributed by atoms with van der Waals surface area (Å²) in [6, 6.07) is 17.5. The third-order valence-corrected chi connectivity index (χ3v) is 5.17. The number of hydrazine groups is 1. The minimum atomic E-state index is -0.378. The van der Waals surface area contributed by atoms with Crippen LogP contribution in [0.25, 0.3) is 6.08 Å². The number of carbonyl (C=O) groups is 2. The number of hydrogen-bond acceptors (Lipinski definition) is 3. The first-order chi connectivity index (χ1) is 14.1. The van der Waals surface area contributed by atoms with Crippen LogP contribution >= 0.6 is 11.6 Å². The molecule has 3 N–H and O–H groups in total. The normalized spacial score (nSPS) is 14.7. The van der Waals surface area contributed by atoms with Crippen LogP contribution in [-0.2, 0) is 9.59 Å². The van der Waals surface area contributed by atoms with Crippen molar-refractivity contribution in [2.24, 2.45) is 0 Å². The highest BCUT2D eigenvalue weighted by molar-refractivity contribution is 6.30. The van der Waals surface area contributed by atoms with E-state index in [1.165, 1.54) is 16.7 Å². The number of halogens is 1. The molecule has 0 radical (unpaired) electrons. The number of piperazine rings is 1. The summed E-state index contributed by atoms with van der Waals surface area (Å²) in [7, 11) is 0. The fraction of sp³-hybridized carbons (Fsp3) is 0.273.